The number of ether oxygens (including phenoxy) is 1. The highest BCUT2D eigenvalue weighted by molar-refractivity contribution is 9.10. The molecule has 0 aromatic heterocycles. The van der Waals surface area contributed by atoms with Gasteiger partial charge in [-0.2, -0.15) is 0 Å². The fourth-order valence-corrected chi connectivity index (χ4v) is 2.80. The number of nitrogens with zero attached hydrogens (tertiary/aromatic N) is 1. The van der Waals surface area contributed by atoms with E-state index in [0.717, 1.165) is 4.47 Å². The van der Waals surface area contributed by atoms with E-state index in [0.29, 0.717) is 16.3 Å². The van der Waals surface area contributed by atoms with Crippen LogP contribution in [-0.4, -0.2) is 24.5 Å². The Balaban J connectivity index is 2.01. The molecule has 122 valence electrons. The highest BCUT2D eigenvalue weighted by Crippen LogP contribution is 2.28. The summed E-state index contributed by atoms with van der Waals surface area (Å²) in [6.07, 6.45) is 0. The van der Waals surface area contributed by atoms with Gasteiger partial charge in [-0.1, -0.05) is 45.7 Å². The van der Waals surface area contributed by atoms with Gasteiger partial charge in [0.2, 0.25) is 0 Å². The summed E-state index contributed by atoms with van der Waals surface area (Å²) < 4.78 is 20.1. The third-order valence-corrected chi connectivity index (χ3v) is 4.36. The van der Waals surface area contributed by atoms with E-state index in [9.17, 15) is 9.18 Å². The third kappa shape index (κ3) is 4.45. The van der Waals surface area contributed by atoms with Crippen LogP contribution in [0.4, 0.5) is 4.39 Å². The fourth-order valence-electron chi connectivity index (χ4n) is 2.07. The van der Waals surface area contributed by atoms with E-state index in [1.54, 1.807) is 50.4 Å². The summed E-state index contributed by atoms with van der Waals surface area (Å²) in [4.78, 5) is 13.7. The second-order valence-electron chi connectivity index (χ2n) is 5.07. The maximum Gasteiger partial charge on any atom is 0.260 e. The number of hydrogen-bond acceptors (Lipinski definition) is 2. The Labute approximate surface area is 148 Å². The molecule has 1 amide bonds. The number of rotatable bonds is 5. The van der Waals surface area contributed by atoms with Crippen molar-refractivity contribution in [3.05, 3.63) is 63.3 Å². The first-order chi connectivity index (χ1) is 10.9. The Kier molecular flexibility index (Phi) is 6.02. The first-order valence-electron chi connectivity index (χ1n) is 6.98. The average molecular weight is 401 g/mol. The molecule has 0 fully saturated rings. The van der Waals surface area contributed by atoms with Gasteiger partial charge in [0.05, 0.1) is 11.1 Å². The number of benzene rings is 2. The molecule has 2 aromatic carbocycles. The zero-order chi connectivity index (χ0) is 17.0. The Hall–Kier alpha value is -1.59. The fraction of sp³-hybridized carbons (Fsp3) is 0.235. The lowest BCUT2D eigenvalue weighted by Gasteiger charge is -2.25. The molecule has 0 aliphatic carbocycles. The van der Waals surface area contributed by atoms with Crippen LogP contribution in [0.2, 0.25) is 5.02 Å². The smallest absolute Gasteiger partial charge is 0.260 e. The number of halogens is 3. The molecule has 1 unspecified atom stereocenters. The van der Waals surface area contributed by atoms with Gasteiger partial charge in [0, 0.05) is 17.1 Å². The van der Waals surface area contributed by atoms with Crippen molar-refractivity contribution in [2.24, 2.45) is 0 Å². The largest absolute Gasteiger partial charge is 0.482 e. The molecular weight excluding hydrogens is 385 g/mol. The van der Waals surface area contributed by atoms with Crippen molar-refractivity contribution >= 4 is 33.4 Å². The minimum absolute atomic E-state index is 0.170. The molecule has 6 heteroatoms. The van der Waals surface area contributed by atoms with E-state index in [1.807, 2.05) is 0 Å². The number of carbonyl (C=O) groups excluding carboxylic acids is 1. The van der Waals surface area contributed by atoms with Gasteiger partial charge in [-0.15, -0.1) is 0 Å². The molecule has 0 bridgehead atoms. The van der Waals surface area contributed by atoms with Gasteiger partial charge in [0.25, 0.3) is 5.91 Å². The molecular formula is C17H16BrClFNO2. The third-order valence-electron chi connectivity index (χ3n) is 3.57. The quantitative estimate of drug-likeness (QED) is 0.719. The van der Waals surface area contributed by atoms with E-state index in [4.69, 9.17) is 16.3 Å². The Morgan fingerprint density at radius 3 is 2.70 bits per heavy atom. The predicted octanol–water partition coefficient (Wildman–Crippen LogP) is 4.84. The molecule has 0 heterocycles. The summed E-state index contributed by atoms with van der Waals surface area (Å²) in [6.45, 7) is 1.60. The van der Waals surface area contributed by atoms with Crippen LogP contribution < -0.4 is 4.74 Å². The molecule has 0 saturated heterocycles. The van der Waals surface area contributed by atoms with Crippen LogP contribution in [0.25, 0.3) is 0 Å². The van der Waals surface area contributed by atoms with Crippen molar-refractivity contribution in [1.82, 2.24) is 4.90 Å². The van der Waals surface area contributed by atoms with Gasteiger partial charge >= 0.3 is 0 Å². The first-order valence-corrected chi connectivity index (χ1v) is 8.15. The second-order valence-corrected chi connectivity index (χ2v) is 6.39. The van der Waals surface area contributed by atoms with Crippen LogP contribution >= 0.6 is 27.5 Å². The van der Waals surface area contributed by atoms with Crippen molar-refractivity contribution in [2.45, 2.75) is 13.0 Å². The van der Waals surface area contributed by atoms with E-state index in [-0.39, 0.29) is 18.3 Å². The molecule has 1 atom stereocenters. The Morgan fingerprint density at radius 2 is 2.04 bits per heavy atom. The van der Waals surface area contributed by atoms with Crippen molar-refractivity contribution < 1.29 is 13.9 Å². The second kappa shape index (κ2) is 7.79. The number of carbonyl (C=O) groups is 1. The monoisotopic (exact) mass is 399 g/mol. The maximum absolute atomic E-state index is 13.8. The van der Waals surface area contributed by atoms with E-state index < -0.39 is 6.04 Å². The molecule has 3 nitrogen and oxygen atoms in total. The van der Waals surface area contributed by atoms with Gasteiger partial charge < -0.3 is 9.64 Å². The van der Waals surface area contributed by atoms with Crippen LogP contribution in [0, 0.1) is 5.82 Å². The van der Waals surface area contributed by atoms with Crippen LogP contribution in [-0.2, 0) is 4.79 Å². The van der Waals surface area contributed by atoms with Crippen molar-refractivity contribution in [2.75, 3.05) is 13.7 Å². The molecule has 0 radical (unpaired) electrons. The minimum Gasteiger partial charge on any atom is -0.482 e. The van der Waals surface area contributed by atoms with Gasteiger partial charge in [-0.05, 0) is 31.2 Å². The van der Waals surface area contributed by atoms with E-state index in [2.05, 4.69) is 15.9 Å². The molecule has 0 aliphatic rings. The number of hydrogen-bond donors (Lipinski definition) is 0. The number of likely N-dealkylation sites (N-methyl/N-ethyl adjacent to an activating group) is 1. The molecule has 23 heavy (non-hydrogen) atoms. The highest BCUT2D eigenvalue weighted by Gasteiger charge is 2.20. The lowest BCUT2D eigenvalue weighted by molar-refractivity contribution is -0.134. The van der Waals surface area contributed by atoms with E-state index in [1.165, 1.54) is 11.0 Å². The lowest BCUT2D eigenvalue weighted by Crippen LogP contribution is -2.34. The average Bonchev–Trinajstić information content (AvgIpc) is 2.53. The van der Waals surface area contributed by atoms with Crippen LogP contribution in [0.1, 0.15) is 18.5 Å². The SMILES string of the molecule is CC(c1ccccc1F)N(C)C(=O)COc1ccc(Br)cc1Cl. The topological polar surface area (TPSA) is 29.5 Å². The zero-order valence-electron chi connectivity index (χ0n) is 12.7. The Morgan fingerprint density at radius 1 is 1.35 bits per heavy atom. The maximum atomic E-state index is 13.8. The van der Waals surface area contributed by atoms with Gasteiger partial charge in [0.1, 0.15) is 11.6 Å². The molecule has 0 aliphatic heterocycles. The minimum atomic E-state index is -0.396. The standard InChI is InChI=1S/C17H16BrClFNO2/c1-11(13-5-3-4-6-15(13)20)21(2)17(22)10-23-16-8-7-12(18)9-14(16)19/h3-9,11H,10H2,1-2H3. The first kappa shape index (κ1) is 17.8. The van der Waals surface area contributed by atoms with Crippen molar-refractivity contribution in [3.8, 4) is 5.75 Å². The lowest BCUT2D eigenvalue weighted by atomic mass is 10.1. The molecule has 0 N–H and O–H groups in total. The van der Waals surface area contributed by atoms with Gasteiger partial charge in [0.15, 0.2) is 6.61 Å². The van der Waals surface area contributed by atoms with Crippen LogP contribution in [0.15, 0.2) is 46.9 Å². The molecule has 0 spiro atoms. The van der Waals surface area contributed by atoms with Crippen molar-refractivity contribution in [1.29, 1.82) is 0 Å². The van der Waals surface area contributed by atoms with Crippen LogP contribution in [0.3, 0.4) is 0 Å². The van der Waals surface area contributed by atoms with Crippen molar-refractivity contribution in [3.63, 3.8) is 0 Å². The van der Waals surface area contributed by atoms with Gasteiger partial charge in [-0.3, -0.25) is 4.79 Å². The summed E-state index contributed by atoms with van der Waals surface area (Å²) in [6, 6.07) is 11.1. The Bertz CT molecular complexity index is 711. The number of amides is 1. The highest BCUT2D eigenvalue weighted by atomic mass is 79.9. The molecule has 2 rings (SSSR count). The predicted molar refractivity (Wildman–Crippen MR) is 92.2 cm³/mol. The summed E-state index contributed by atoms with van der Waals surface area (Å²) in [5.41, 5.74) is 0.463. The molecule has 0 saturated carbocycles. The summed E-state index contributed by atoms with van der Waals surface area (Å²) in [5.74, 6) is -0.175. The van der Waals surface area contributed by atoms with Crippen LogP contribution in [0.5, 0.6) is 5.75 Å². The normalized spacial score (nSPS) is 11.9. The summed E-state index contributed by atoms with van der Waals surface area (Å²) in [5, 5.41) is 0.414. The molecule has 2 aromatic rings. The van der Waals surface area contributed by atoms with Gasteiger partial charge in [-0.25, -0.2) is 4.39 Å². The summed E-state index contributed by atoms with van der Waals surface area (Å²) in [7, 11) is 1.62. The summed E-state index contributed by atoms with van der Waals surface area (Å²) >= 11 is 9.34. The van der Waals surface area contributed by atoms with E-state index >= 15 is 0 Å². The zero-order valence-corrected chi connectivity index (χ0v) is 15.1.